The van der Waals surface area contributed by atoms with E-state index in [9.17, 15) is 21.6 Å². The van der Waals surface area contributed by atoms with Gasteiger partial charge < -0.3 is 10.1 Å². The number of benzene rings is 1. The Morgan fingerprint density at radius 1 is 1.05 bits per heavy atom. The standard InChI is InChI=1S/C27H27F3N6O3S/c1-16-13-36(14-17(2)39-16)15-23-34-22-11-18(24-21(27(28,29)30)5-4-10-31-24)12-32-25(22)26(35-23)33-19-6-8-20(9-7-19)40(3,37)38/h4-12,16-17H,13-15H2,1-3H3,(H,33,34,35)/t16-,17+. The number of pyridine rings is 2. The molecule has 9 nitrogen and oxygen atoms in total. The van der Waals surface area contributed by atoms with E-state index in [2.05, 4.69) is 30.2 Å². The fourth-order valence-corrected chi connectivity index (χ4v) is 5.38. The summed E-state index contributed by atoms with van der Waals surface area (Å²) < 4.78 is 70.6. The Bertz CT molecular complexity index is 1640. The average Bonchev–Trinajstić information content (AvgIpc) is 2.87. The minimum absolute atomic E-state index is 0.0216. The minimum Gasteiger partial charge on any atom is -0.373 e. The van der Waals surface area contributed by atoms with Crippen LogP contribution in [0.15, 0.2) is 59.8 Å². The average molecular weight is 573 g/mol. The first kappa shape index (κ1) is 27.9. The van der Waals surface area contributed by atoms with Crippen LogP contribution in [0.4, 0.5) is 24.7 Å². The number of nitrogens with zero attached hydrogens (tertiary/aromatic N) is 5. The molecule has 13 heteroatoms. The van der Waals surface area contributed by atoms with Crippen molar-refractivity contribution in [3.8, 4) is 11.3 Å². The second-order valence-electron chi connectivity index (χ2n) is 9.85. The highest BCUT2D eigenvalue weighted by molar-refractivity contribution is 7.90. The zero-order valence-electron chi connectivity index (χ0n) is 22.0. The lowest BCUT2D eigenvalue weighted by molar-refractivity contribution is -0.137. The first-order valence-electron chi connectivity index (χ1n) is 12.5. The lowest BCUT2D eigenvalue weighted by Crippen LogP contribution is -2.45. The highest BCUT2D eigenvalue weighted by atomic mass is 32.2. The van der Waals surface area contributed by atoms with Crippen molar-refractivity contribution in [3.63, 3.8) is 0 Å². The number of sulfone groups is 1. The van der Waals surface area contributed by atoms with Gasteiger partial charge in [0.05, 0.1) is 40.4 Å². The van der Waals surface area contributed by atoms with Crippen LogP contribution in [-0.4, -0.2) is 64.8 Å². The van der Waals surface area contributed by atoms with Crippen molar-refractivity contribution >= 4 is 32.4 Å². The van der Waals surface area contributed by atoms with Crippen LogP contribution in [0, 0.1) is 0 Å². The van der Waals surface area contributed by atoms with Crippen molar-refractivity contribution in [3.05, 3.63) is 66.2 Å². The highest BCUT2D eigenvalue weighted by Gasteiger charge is 2.34. The van der Waals surface area contributed by atoms with Gasteiger partial charge in [-0.2, -0.15) is 13.2 Å². The van der Waals surface area contributed by atoms with Crippen molar-refractivity contribution in [2.45, 2.75) is 43.7 Å². The lowest BCUT2D eigenvalue weighted by Gasteiger charge is -2.34. The maximum Gasteiger partial charge on any atom is 0.418 e. The number of hydrogen-bond acceptors (Lipinski definition) is 9. The van der Waals surface area contributed by atoms with E-state index in [0.29, 0.717) is 48.0 Å². The molecule has 1 saturated heterocycles. The topological polar surface area (TPSA) is 110 Å². The molecule has 5 rings (SSSR count). The van der Waals surface area contributed by atoms with Gasteiger partial charge >= 0.3 is 6.18 Å². The Morgan fingerprint density at radius 2 is 1.75 bits per heavy atom. The third-order valence-electron chi connectivity index (χ3n) is 6.37. The molecule has 4 heterocycles. The van der Waals surface area contributed by atoms with Crippen LogP contribution in [0.5, 0.6) is 0 Å². The summed E-state index contributed by atoms with van der Waals surface area (Å²) in [5.41, 5.74) is 0.292. The molecule has 0 radical (unpaired) electrons. The number of halogens is 3. The molecule has 1 aromatic carbocycles. The molecule has 0 spiro atoms. The van der Waals surface area contributed by atoms with Crippen LogP contribution in [-0.2, 0) is 27.3 Å². The van der Waals surface area contributed by atoms with Crippen molar-refractivity contribution in [2.75, 3.05) is 24.7 Å². The molecule has 1 N–H and O–H groups in total. The van der Waals surface area contributed by atoms with E-state index < -0.39 is 21.6 Å². The molecule has 4 aromatic rings. The second-order valence-corrected chi connectivity index (χ2v) is 11.9. The molecule has 210 valence electrons. The highest BCUT2D eigenvalue weighted by Crippen LogP contribution is 2.36. The van der Waals surface area contributed by atoms with Crippen molar-refractivity contribution in [1.29, 1.82) is 0 Å². The van der Waals surface area contributed by atoms with E-state index in [1.165, 1.54) is 36.7 Å². The van der Waals surface area contributed by atoms with Gasteiger partial charge in [-0.1, -0.05) is 0 Å². The van der Waals surface area contributed by atoms with Gasteiger partial charge in [-0.3, -0.25) is 9.88 Å². The summed E-state index contributed by atoms with van der Waals surface area (Å²) in [4.78, 5) is 20.1. The van der Waals surface area contributed by atoms with Gasteiger partial charge in [0.15, 0.2) is 15.7 Å². The molecule has 2 atom stereocenters. The molecule has 40 heavy (non-hydrogen) atoms. The van der Waals surface area contributed by atoms with E-state index in [1.807, 2.05) is 13.8 Å². The number of aromatic nitrogens is 4. The van der Waals surface area contributed by atoms with Crippen molar-refractivity contribution in [2.24, 2.45) is 0 Å². The molecule has 1 fully saturated rings. The van der Waals surface area contributed by atoms with Crippen LogP contribution >= 0.6 is 0 Å². The summed E-state index contributed by atoms with van der Waals surface area (Å²) in [6.07, 6.45) is -0.813. The number of nitrogens with one attached hydrogen (secondary N) is 1. The van der Waals surface area contributed by atoms with Crippen LogP contribution in [0.25, 0.3) is 22.3 Å². The lowest BCUT2D eigenvalue weighted by atomic mass is 10.1. The maximum atomic E-state index is 13.7. The molecule has 0 saturated carbocycles. The normalized spacial score (nSPS) is 18.6. The zero-order valence-corrected chi connectivity index (χ0v) is 22.8. The summed E-state index contributed by atoms with van der Waals surface area (Å²) >= 11 is 0. The molecule has 0 unspecified atom stereocenters. The van der Waals surface area contributed by atoms with Crippen LogP contribution in [0.3, 0.4) is 0 Å². The SMILES string of the molecule is C[C@@H]1CN(Cc2nc(Nc3ccc(S(C)(=O)=O)cc3)c3ncc(-c4ncccc4C(F)(F)F)cc3n2)C[C@H](C)O1. The molecular formula is C27H27F3N6O3S. The first-order valence-corrected chi connectivity index (χ1v) is 14.4. The molecule has 1 aliphatic heterocycles. The Balaban J connectivity index is 1.58. The van der Waals surface area contributed by atoms with Gasteiger partial charge in [-0.05, 0) is 56.3 Å². The number of fused-ring (bicyclic) bond motifs is 1. The number of morpholine rings is 1. The number of alkyl halides is 3. The van der Waals surface area contributed by atoms with Crippen LogP contribution in [0.1, 0.15) is 25.2 Å². The van der Waals surface area contributed by atoms with E-state index in [4.69, 9.17) is 4.74 Å². The quantitative estimate of drug-likeness (QED) is 0.346. The summed E-state index contributed by atoms with van der Waals surface area (Å²) in [5.74, 6) is 0.783. The Morgan fingerprint density at radius 3 is 2.40 bits per heavy atom. The van der Waals surface area contributed by atoms with Gasteiger partial charge in [0.2, 0.25) is 0 Å². The van der Waals surface area contributed by atoms with Crippen LogP contribution in [0.2, 0.25) is 0 Å². The molecule has 0 amide bonds. The molecule has 0 bridgehead atoms. The zero-order chi connectivity index (χ0) is 28.7. The molecule has 3 aromatic heterocycles. The van der Waals surface area contributed by atoms with E-state index in [1.54, 1.807) is 12.1 Å². The minimum atomic E-state index is -4.59. The summed E-state index contributed by atoms with van der Waals surface area (Å²) in [6.45, 7) is 5.69. The van der Waals surface area contributed by atoms with E-state index in [-0.39, 0.29) is 28.4 Å². The first-order chi connectivity index (χ1) is 18.9. The second kappa shape index (κ2) is 10.7. The number of anilines is 2. The smallest absolute Gasteiger partial charge is 0.373 e. The third kappa shape index (κ3) is 6.21. The number of ether oxygens (including phenoxy) is 1. The van der Waals surface area contributed by atoms with Crippen LogP contribution < -0.4 is 5.32 Å². The largest absolute Gasteiger partial charge is 0.418 e. The van der Waals surface area contributed by atoms with Gasteiger partial charge in [0.1, 0.15) is 11.3 Å². The number of hydrogen-bond donors (Lipinski definition) is 1. The van der Waals surface area contributed by atoms with E-state index in [0.717, 1.165) is 12.3 Å². The van der Waals surface area contributed by atoms with Gasteiger partial charge in [-0.15, -0.1) is 0 Å². The van der Waals surface area contributed by atoms with Gasteiger partial charge in [0.25, 0.3) is 0 Å². The summed E-state index contributed by atoms with van der Waals surface area (Å²) in [6, 6.07) is 9.90. The monoisotopic (exact) mass is 572 g/mol. The summed E-state index contributed by atoms with van der Waals surface area (Å²) in [7, 11) is -3.37. The molecule has 0 aliphatic carbocycles. The molecular weight excluding hydrogens is 545 g/mol. The predicted molar refractivity (Wildman–Crippen MR) is 144 cm³/mol. The Kier molecular flexibility index (Phi) is 7.46. The van der Waals surface area contributed by atoms with Gasteiger partial charge in [0, 0.05) is 43.0 Å². The van der Waals surface area contributed by atoms with Gasteiger partial charge in [-0.25, -0.2) is 23.4 Å². The predicted octanol–water partition coefficient (Wildman–Crippen LogP) is 4.86. The maximum absolute atomic E-state index is 13.7. The number of rotatable bonds is 6. The third-order valence-corrected chi connectivity index (χ3v) is 7.50. The molecule has 1 aliphatic rings. The fourth-order valence-electron chi connectivity index (χ4n) is 4.75. The summed E-state index contributed by atoms with van der Waals surface area (Å²) in [5, 5.41) is 3.17. The van der Waals surface area contributed by atoms with E-state index >= 15 is 0 Å². The Labute approximate surface area is 229 Å². The van der Waals surface area contributed by atoms with Crippen molar-refractivity contribution in [1.82, 2.24) is 24.8 Å². The van der Waals surface area contributed by atoms with Crippen molar-refractivity contribution < 1.29 is 26.3 Å². The fraction of sp³-hybridized carbons (Fsp3) is 0.333. The Hall–Kier alpha value is -3.68.